The van der Waals surface area contributed by atoms with E-state index in [1.165, 1.54) is 23.7 Å². The predicted octanol–water partition coefficient (Wildman–Crippen LogP) is 2.92. The molecule has 1 aromatic carbocycles. The number of nitrogens with zero attached hydrogens (tertiary/aromatic N) is 2. The third-order valence-electron chi connectivity index (χ3n) is 4.43. The molecule has 0 amide bonds. The second-order valence-electron chi connectivity index (χ2n) is 5.67. The van der Waals surface area contributed by atoms with Gasteiger partial charge in [0.1, 0.15) is 11.5 Å². The van der Waals surface area contributed by atoms with Crippen molar-refractivity contribution < 1.29 is 9.47 Å². The van der Waals surface area contributed by atoms with E-state index in [1.807, 2.05) is 6.07 Å². The Kier molecular flexibility index (Phi) is 3.34. The van der Waals surface area contributed by atoms with Crippen molar-refractivity contribution in [2.24, 2.45) is 0 Å². The number of hydrogen-bond acceptors (Lipinski definition) is 3. The second-order valence-corrected chi connectivity index (χ2v) is 5.67. The van der Waals surface area contributed by atoms with Gasteiger partial charge in [-0.2, -0.15) is 0 Å². The minimum atomic E-state index is 0.532. The predicted molar refractivity (Wildman–Crippen MR) is 80.8 cm³/mol. The van der Waals surface area contributed by atoms with Crippen LogP contribution in [0.4, 0.5) is 0 Å². The van der Waals surface area contributed by atoms with E-state index < -0.39 is 0 Å². The van der Waals surface area contributed by atoms with Gasteiger partial charge in [0.25, 0.3) is 0 Å². The zero-order valence-electron chi connectivity index (χ0n) is 12.6. The van der Waals surface area contributed by atoms with Crippen molar-refractivity contribution >= 4 is 10.9 Å². The van der Waals surface area contributed by atoms with Gasteiger partial charge in [-0.15, -0.1) is 0 Å². The molecule has 0 saturated heterocycles. The number of ether oxygens (including phenoxy) is 2. The van der Waals surface area contributed by atoms with Gasteiger partial charge in [0, 0.05) is 29.7 Å². The van der Waals surface area contributed by atoms with Crippen LogP contribution in [0.2, 0.25) is 0 Å². The van der Waals surface area contributed by atoms with Crippen molar-refractivity contribution in [1.29, 1.82) is 0 Å². The van der Waals surface area contributed by atoms with Gasteiger partial charge in [0.2, 0.25) is 0 Å². The molecule has 2 aromatic rings. The maximum atomic E-state index is 5.57. The smallest absolute Gasteiger partial charge is 0.146 e. The number of rotatable bonds is 4. The topological polar surface area (TPSA) is 26.6 Å². The molecule has 0 N–H and O–H groups in total. The van der Waals surface area contributed by atoms with Crippen LogP contribution >= 0.6 is 0 Å². The zero-order chi connectivity index (χ0) is 14.3. The normalized spacial score (nSPS) is 22.1. The monoisotopic (exact) mass is 274 g/mol. The van der Waals surface area contributed by atoms with Crippen LogP contribution < -0.4 is 9.47 Å². The highest BCUT2D eigenvalue weighted by Crippen LogP contribution is 2.41. The summed E-state index contributed by atoms with van der Waals surface area (Å²) in [5.41, 5.74) is 1.17. The molecule has 0 spiro atoms. The first-order valence-corrected chi connectivity index (χ1v) is 7.04. The Morgan fingerprint density at radius 2 is 1.95 bits per heavy atom. The summed E-state index contributed by atoms with van der Waals surface area (Å²) in [6.07, 6.45) is 4.66. The molecule has 4 nitrogen and oxygen atoms in total. The lowest BCUT2D eigenvalue weighted by molar-refractivity contribution is 0.116. The molecule has 4 heteroatoms. The van der Waals surface area contributed by atoms with Gasteiger partial charge < -0.3 is 18.9 Å². The van der Waals surface area contributed by atoms with Gasteiger partial charge >= 0.3 is 0 Å². The van der Waals surface area contributed by atoms with Crippen LogP contribution in [0.15, 0.2) is 24.4 Å². The molecule has 1 heterocycles. The van der Waals surface area contributed by atoms with Crippen LogP contribution in [0.5, 0.6) is 11.5 Å². The van der Waals surface area contributed by atoms with Crippen LogP contribution in [0.25, 0.3) is 10.9 Å². The minimum Gasteiger partial charge on any atom is -0.497 e. The summed E-state index contributed by atoms with van der Waals surface area (Å²) in [4.78, 5) is 2.32. The number of likely N-dealkylation sites (N-methyl/N-ethyl adjacent to an activating group) is 1. The van der Waals surface area contributed by atoms with E-state index in [0.717, 1.165) is 11.5 Å². The third kappa shape index (κ3) is 1.95. The number of hydrogen-bond donors (Lipinski definition) is 0. The van der Waals surface area contributed by atoms with E-state index in [0.29, 0.717) is 12.1 Å². The van der Waals surface area contributed by atoms with Gasteiger partial charge in [-0.25, -0.2) is 0 Å². The molecule has 20 heavy (non-hydrogen) atoms. The summed E-state index contributed by atoms with van der Waals surface area (Å²) in [6, 6.07) is 7.31. The van der Waals surface area contributed by atoms with Crippen molar-refractivity contribution in [2.45, 2.75) is 24.9 Å². The van der Waals surface area contributed by atoms with Crippen molar-refractivity contribution in [1.82, 2.24) is 9.47 Å². The fourth-order valence-electron chi connectivity index (χ4n) is 3.18. The van der Waals surface area contributed by atoms with Crippen LogP contribution in [-0.2, 0) is 0 Å². The van der Waals surface area contributed by atoms with E-state index >= 15 is 0 Å². The lowest BCUT2D eigenvalue weighted by Gasteiger charge is -2.42. The number of fused-ring (bicyclic) bond motifs is 1. The third-order valence-corrected chi connectivity index (χ3v) is 4.43. The number of benzene rings is 1. The van der Waals surface area contributed by atoms with E-state index in [9.17, 15) is 0 Å². The molecule has 0 aliphatic heterocycles. The molecule has 2 atom stereocenters. The molecular weight excluding hydrogens is 252 g/mol. The Morgan fingerprint density at radius 1 is 1.15 bits per heavy atom. The highest BCUT2D eigenvalue weighted by atomic mass is 16.5. The van der Waals surface area contributed by atoms with Gasteiger partial charge in [-0.1, -0.05) is 0 Å². The molecule has 108 valence electrons. The lowest BCUT2D eigenvalue weighted by atomic mass is 9.85. The van der Waals surface area contributed by atoms with E-state index in [4.69, 9.17) is 9.47 Å². The summed E-state index contributed by atoms with van der Waals surface area (Å²) in [5, 5.41) is 1.17. The maximum Gasteiger partial charge on any atom is 0.146 e. The highest BCUT2D eigenvalue weighted by molar-refractivity contribution is 5.88. The van der Waals surface area contributed by atoms with Gasteiger partial charge in [0.15, 0.2) is 0 Å². The van der Waals surface area contributed by atoms with Gasteiger partial charge in [0.05, 0.1) is 19.7 Å². The first-order chi connectivity index (χ1) is 9.65. The quantitative estimate of drug-likeness (QED) is 0.857. The highest BCUT2D eigenvalue weighted by Gasteiger charge is 2.34. The first-order valence-electron chi connectivity index (χ1n) is 7.04. The van der Waals surface area contributed by atoms with Gasteiger partial charge in [-0.05, 0) is 39.1 Å². The Balaban J connectivity index is 2.09. The van der Waals surface area contributed by atoms with E-state index in [1.54, 1.807) is 14.2 Å². The molecule has 0 bridgehead atoms. The van der Waals surface area contributed by atoms with E-state index in [2.05, 4.69) is 41.9 Å². The Bertz CT molecular complexity index is 618. The maximum absolute atomic E-state index is 5.57. The molecule has 1 saturated carbocycles. The second kappa shape index (κ2) is 5.02. The first kappa shape index (κ1) is 13.3. The molecule has 2 unspecified atom stereocenters. The van der Waals surface area contributed by atoms with Gasteiger partial charge in [-0.3, -0.25) is 0 Å². The fourth-order valence-corrected chi connectivity index (χ4v) is 3.18. The average molecular weight is 274 g/mol. The summed E-state index contributed by atoms with van der Waals surface area (Å²) in [5.74, 6) is 1.72. The molecule has 1 fully saturated rings. The molecule has 3 rings (SSSR count). The number of methoxy groups -OCH3 is 2. The zero-order valence-corrected chi connectivity index (χ0v) is 12.6. The van der Waals surface area contributed by atoms with Crippen LogP contribution in [0, 0.1) is 0 Å². The van der Waals surface area contributed by atoms with Crippen LogP contribution in [-0.4, -0.2) is 43.8 Å². The van der Waals surface area contributed by atoms with E-state index in [-0.39, 0.29) is 0 Å². The Morgan fingerprint density at radius 3 is 2.50 bits per heavy atom. The van der Waals surface area contributed by atoms with Crippen molar-refractivity contribution in [2.75, 3.05) is 28.3 Å². The van der Waals surface area contributed by atoms with Crippen LogP contribution in [0.1, 0.15) is 18.9 Å². The lowest BCUT2D eigenvalue weighted by Crippen LogP contribution is -2.44. The summed E-state index contributed by atoms with van der Waals surface area (Å²) >= 11 is 0. The Labute approximate surface area is 119 Å². The minimum absolute atomic E-state index is 0.532. The fraction of sp³-hybridized carbons (Fsp3) is 0.500. The summed E-state index contributed by atoms with van der Waals surface area (Å²) < 4.78 is 13.3. The average Bonchev–Trinajstić information content (AvgIpc) is 2.79. The summed E-state index contributed by atoms with van der Waals surface area (Å²) in [6.45, 7) is 0. The molecular formula is C16H22N2O2. The largest absolute Gasteiger partial charge is 0.497 e. The molecule has 1 aromatic heterocycles. The standard InChI is InChI=1S/C16H22N2O2/c1-17(2)13-5-6-14(13)18-8-7-11-9-12(19-3)10-15(20-4)16(11)18/h7-10,13-14H,5-6H2,1-4H3. The molecule has 0 radical (unpaired) electrons. The van der Waals surface area contributed by atoms with Crippen molar-refractivity contribution in [3.05, 3.63) is 24.4 Å². The molecule has 1 aliphatic rings. The Hall–Kier alpha value is -1.68. The number of aromatic nitrogens is 1. The van der Waals surface area contributed by atoms with Crippen molar-refractivity contribution in [3.63, 3.8) is 0 Å². The summed E-state index contributed by atoms with van der Waals surface area (Å²) in [7, 11) is 7.72. The molecule has 1 aliphatic carbocycles. The SMILES string of the molecule is COc1cc(OC)c2c(ccn2C2CCC2N(C)C)c1. The van der Waals surface area contributed by atoms with Crippen molar-refractivity contribution in [3.8, 4) is 11.5 Å². The van der Waals surface area contributed by atoms with Crippen LogP contribution in [0.3, 0.4) is 0 Å².